The lowest BCUT2D eigenvalue weighted by molar-refractivity contribution is -0.295. The molecule has 0 aromatic heterocycles. The van der Waals surface area contributed by atoms with Crippen LogP contribution in [0.2, 0.25) is 0 Å². The van der Waals surface area contributed by atoms with Crippen LogP contribution in [0.15, 0.2) is 0 Å². The number of rotatable bonds is 0. The Morgan fingerprint density at radius 1 is 0.946 bits per heavy atom. The number of ether oxygens (including phenoxy) is 1. The maximum absolute atomic E-state index is 12.5. The SMILES string of the molecule is C[C@H]1CCC2N(CC3C([C@@H](O)[C@H](O)[C@]4(O)[C@H]3C[C@@]35O[C@@]6(O)[C@@H](C[C@@H](O)[C@@H]43)[C@]5(C)CC[C@@H]6O)[C@]2(C)O)C1.Cl. The molecule has 4 aliphatic carbocycles. The minimum Gasteiger partial charge on any atom is -0.393 e. The number of hydrogen-bond donors (Lipinski definition) is 7. The number of aliphatic hydroxyl groups excluding tert-OH is 4. The predicted octanol–water partition coefficient (Wildman–Crippen LogP) is -0.392. The fourth-order valence-electron chi connectivity index (χ4n) is 11.4. The zero-order valence-corrected chi connectivity index (χ0v) is 22.7. The van der Waals surface area contributed by atoms with Gasteiger partial charge in [-0.25, -0.2) is 0 Å². The van der Waals surface area contributed by atoms with Gasteiger partial charge in [-0.05, 0) is 63.2 Å². The molecule has 37 heavy (non-hydrogen) atoms. The molecule has 1 spiro atoms. The van der Waals surface area contributed by atoms with Crippen LogP contribution in [0.25, 0.3) is 0 Å². The predicted molar refractivity (Wildman–Crippen MR) is 133 cm³/mol. The van der Waals surface area contributed by atoms with Crippen LogP contribution >= 0.6 is 12.4 Å². The fourth-order valence-corrected chi connectivity index (χ4v) is 11.4. The van der Waals surface area contributed by atoms with E-state index in [1.165, 1.54) is 0 Å². The Labute approximate surface area is 224 Å². The van der Waals surface area contributed by atoms with Crippen LogP contribution in [0.1, 0.15) is 59.3 Å². The summed E-state index contributed by atoms with van der Waals surface area (Å²) in [5, 5.41) is 81.4. The number of nitrogens with zero attached hydrogens (tertiary/aromatic N) is 1. The molecule has 3 saturated heterocycles. The van der Waals surface area contributed by atoms with E-state index in [0.717, 1.165) is 19.4 Å². The van der Waals surface area contributed by atoms with Crippen molar-refractivity contribution in [1.29, 1.82) is 0 Å². The van der Waals surface area contributed by atoms with Crippen molar-refractivity contribution >= 4 is 12.4 Å². The third-order valence-corrected chi connectivity index (χ3v) is 12.8. The van der Waals surface area contributed by atoms with Gasteiger partial charge in [-0.2, -0.15) is 0 Å². The third-order valence-electron chi connectivity index (χ3n) is 12.8. The first kappa shape index (κ1) is 27.1. The van der Waals surface area contributed by atoms with Crippen molar-refractivity contribution in [2.75, 3.05) is 13.1 Å². The van der Waals surface area contributed by atoms with Crippen molar-refractivity contribution in [3.05, 3.63) is 0 Å². The first-order valence-corrected chi connectivity index (χ1v) is 14.1. The van der Waals surface area contributed by atoms with E-state index in [1.807, 2.05) is 6.92 Å². The maximum Gasteiger partial charge on any atom is 0.196 e. The molecular formula is C27H44ClNO8. The molecule has 0 radical (unpaired) electrons. The Kier molecular flexibility index (Phi) is 5.72. The molecule has 7 rings (SSSR count). The van der Waals surface area contributed by atoms with Gasteiger partial charge in [0.15, 0.2) is 5.79 Å². The molecule has 0 aromatic carbocycles. The highest BCUT2D eigenvalue weighted by atomic mass is 35.5. The summed E-state index contributed by atoms with van der Waals surface area (Å²) >= 11 is 0. The molecule has 9 nitrogen and oxygen atoms in total. The average Bonchev–Trinajstić information content (AvgIpc) is 3.08. The first-order valence-electron chi connectivity index (χ1n) is 14.1. The first-order chi connectivity index (χ1) is 16.7. The standard InChI is InChI=1S/C27H43NO8.ClH/c1-12-4-5-17-24(3,33)19-13(11-28(17)10-12)14-9-25-21(26(14,34)22(32)20(19)31)15(29)8-16-23(25,2)7-6-18(30)27(16,35)36-25;/h12-22,29-35H,4-11H2,1-3H3;1H/t12-,13?,14-,15+,16-,17?,18-,19?,20+,21+,22-,23-,24+,25+,26-,27-;/m0./s1. The molecule has 10 heteroatoms. The summed E-state index contributed by atoms with van der Waals surface area (Å²) in [4.78, 5) is 2.30. The average molecular weight is 546 g/mol. The van der Waals surface area contributed by atoms with Crippen molar-refractivity contribution in [3.8, 4) is 0 Å². The molecule has 3 aliphatic heterocycles. The van der Waals surface area contributed by atoms with Crippen LogP contribution in [0.5, 0.6) is 0 Å². The second-order valence-electron chi connectivity index (χ2n) is 14.2. The molecule has 4 bridgehead atoms. The smallest absolute Gasteiger partial charge is 0.196 e. The van der Waals surface area contributed by atoms with Crippen molar-refractivity contribution in [2.45, 2.75) is 112 Å². The van der Waals surface area contributed by atoms with Gasteiger partial charge in [-0.3, -0.25) is 4.90 Å². The van der Waals surface area contributed by atoms with E-state index in [2.05, 4.69) is 11.8 Å². The minimum atomic E-state index is -1.85. The molecule has 0 amide bonds. The molecule has 212 valence electrons. The number of halogens is 1. The number of hydrogen-bond acceptors (Lipinski definition) is 9. The zero-order chi connectivity index (χ0) is 25.8. The van der Waals surface area contributed by atoms with Gasteiger partial charge in [-0.1, -0.05) is 13.8 Å². The summed E-state index contributed by atoms with van der Waals surface area (Å²) in [6, 6.07) is -0.130. The van der Waals surface area contributed by atoms with Gasteiger partial charge in [-0.15, -0.1) is 12.4 Å². The van der Waals surface area contributed by atoms with Crippen molar-refractivity contribution in [1.82, 2.24) is 4.90 Å². The molecule has 7 N–H and O–H groups in total. The molecule has 3 heterocycles. The lowest BCUT2D eigenvalue weighted by atomic mass is 9.49. The highest BCUT2D eigenvalue weighted by Gasteiger charge is 2.86. The lowest BCUT2D eigenvalue weighted by Crippen LogP contribution is -2.76. The van der Waals surface area contributed by atoms with Crippen LogP contribution in [-0.2, 0) is 4.74 Å². The van der Waals surface area contributed by atoms with E-state index in [4.69, 9.17) is 4.74 Å². The van der Waals surface area contributed by atoms with Crippen LogP contribution in [0, 0.1) is 40.9 Å². The summed E-state index contributed by atoms with van der Waals surface area (Å²) < 4.78 is 6.51. The van der Waals surface area contributed by atoms with Gasteiger partial charge < -0.3 is 40.5 Å². The Bertz CT molecular complexity index is 971. The normalized spacial score (nSPS) is 66.2. The number of aliphatic hydroxyl groups is 7. The fraction of sp³-hybridized carbons (Fsp3) is 1.00. The van der Waals surface area contributed by atoms with Crippen LogP contribution in [0.4, 0.5) is 0 Å². The highest BCUT2D eigenvalue weighted by molar-refractivity contribution is 5.85. The van der Waals surface area contributed by atoms with E-state index < -0.39 is 76.1 Å². The van der Waals surface area contributed by atoms with Crippen LogP contribution in [-0.4, -0.2) is 107 Å². The molecule has 3 unspecified atom stereocenters. The van der Waals surface area contributed by atoms with Crippen LogP contribution in [0.3, 0.4) is 0 Å². The van der Waals surface area contributed by atoms with Gasteiger partial charge >= 0.3 is 0 Å². The summed E-state index contributed by atoms with van der Waals surface area (Å²) in [5.41, 5.74) is -4.88. The third kappa shape index (κ3) is 2.83. The Morgan fingerprint density at radius 3 is 2.35 bits per heavy atom. The second kappa shape index (κ2) is 7.81. The van der Waals surface area contributed by atoms with E-state index in [1.54, 1.807) is 6.92 Å². The van der Waals surface area contributed by atoms with E-state index >= 15 is 0 Å². The monoisotopic (exact) mass is 545 g/mol. The maximum atomic E-state index is 12.5. The van der Waals surface area contributed by atoms with Gasteiger partial charge in [0.05, 0.1) is 23.4 Å². The number of piperidine rings is 2. The van der Waals surface area contributed by atoms with E-state index in [9.17, 15) is 35.7 Å². The Morgan fingerprint density at radius 2 is 1.65 bits per heavy atom. The Hall–Kier alpha value is -0.0700. The van der Waals surface area contributed by atoms with Crippen molar-refractivity contribution < 1.29 is 40.5 Å². The second-order valence-corrected chi connectivity index (χ2v) is 14.2. The minimum absolute atomic E-state index is 0. The molecule has 7 fully saturated rings. The van der Waals surface area contributed by atoms with Crippen LogP contribution < -0.4 is 0 Å². The summed E-state index contributed by atoms with van der Waals surface area (Å²) in [7, 11) is 0. The zero-order valence-electron chi connectivity index (χ0n) is 21.9. The molecule has 0 aromatic rings. The Balaban J connectivity index is 0.00000252. The summed E-state index contributed by atoms with van der Waals surface area (Å²) in [6.45, 7) is 7.40. The van der Waals surface area contributed by atoms with Crippen molar-refractivity contribution in [3.63, 3.8) is 0 Å². The number of fused-ring (bicyclic) bond motifs is 5. The van der Waals surface area contributed by atoms with Gasteiger partial charge in [0.2, 0.25) is 0 Å². The quantitative estimate of drug-likeness (QED) is 0.215. The van der Waals surface area contributed by atoms with E-state index in [0.29, 0.717) is 31.7 Å². The lowest BCUT2D eigenvalue weighted by Gasteiger charge is -2.63. The molecular weight excluding hydrogens is 502 g/mol. The van der Waals surface area contributed by atoms with Crippen molar-refractivity contribution in [2.24, 2.45) is 40.9 Å². The topological polar surface area (TPSA) is 154 Å². The van der Waals surface area contributed by atoms with Gasteiger partial charge in [0.1, 0.15) is 17.8 Å². The molecule has 7 aliphatic rings. The molecule has 4 saturated carbocycles. The van der Waals surface area contributed by atoms with Gasteiger partial charge in [0.25, 0.3) is 0 Å². The molecule has 16 atom stereocenters. The summed E-state index contributed by atoms with van der Waals surface area (Å²) in [5.74, 6) is -4.29. The summed E-state index contributed by atoms with van der Waals surface area (Å²) in [6.07, 6.45) is -1.92. The van der Waals surface area contributed by atoms with E-state index in [-0.39, 0.29) is 30.8 Å². The highest BCUT2D eigenvalue weighted by Crippen LogP contribution is 2.76. The van der Waals surface area contributed by atoms with Gasteiger partial charge in [0, 0.05) is 42.3 Å². The largest absolute Gasteiger partial charge is 0.393 e.